The Hall–Kier alpha value is -1.98. The summed E-state index contributed by atoms with van der Waals surface area (Å²) >= 11 is 7.63. The van der Waals surface area contributed by atoms with Crippen molar-refractivity contribution in [1.29, 1.82) is 0 Å². The fourth-order valence-corrected chi connectivity index (χ4v) is 3.84. The van der Waals surface area contributed by atoms with Crippen LogP contribution < -0.4 is 5.32 Å². The van der Waals surface area contributed by atoms with Gasteiger partial charge in [0.25, 0.3) is 0 Å². The zero-order valence-corrected chi connectivity index (χ0v) is 18.1. The molecule has 2 aromatic carbocycles. The molecule has 150 valence electrons. The molecule has 2 rings (SSSR count). The second-order valence-electron chi connectivity index (χ2n) is 6.70. The minimum atomic E-state index is -0.550. The summed E-state index contributed by atoms with van der Waals surface area (Å²) in [6, 6.07) is 15.1. The van der Waals surface area contributed by atoms with E-state index in [9.17, 15) is 9.59 Å². The van der Waals surface area contributed by atoms with Crippen LogP contribution in [0.15, 0.2) is 48.5 Å². The lowest BCUT2D eigenvalue weighted by Gasteiger charge is -2.28. The molecule has 2 aromatic rings. The lowest BCUT2D eigenvalue weighted by molar-refractivity contribution is -0.138. The molecule has 0 saturated heterocycles. The molecule has 0 unspecified atom stereocenters. The Morgan fingerprint density at radius 2 is 1.86 bits per heavy atom. The van der Waals surface area contributed by atoms with Crippen LogP contribution in [0.4, 0.5) is 0 Å². The number of aryl methyl sites for hydroxylation is 1. The Balaban J connectivity index is 2.04. The van der Waals surface area contributed by atoms with E-state index in [0.717, 1.165) is 11.3 Å². The van der Waals surface area contributed by atoms with Gasteiger partial charge >= 0.3 is 0 Å². The van der Waals surface area contributed by atoms with Crippen molar-refractivity contribution in [3.05, 3.63) is 70.2 Å². The van der Waals surface area contributed by atoms with Gasteiger partial charge in [0.2, 0.25) is 11.8 Å². The summed E-state index contributed by atoms with van der Waals surface area (Å²) in [7, 11) is 0. The van der Waals surface area contributed by atoms with E-state index >= 15 is 0 Å². The fraction of sp³-hybridized carbons (Fsp3) is 0.364. The van der Waals surface area contributed by atoms with E-state index in [-0.39, 0.29) is 11.8 Å². The Kier molecular flexibility index (Phi) is 8.87. The van der Waals surface area contributed by atoms with E-state index in [4.69, 9.17) is 11.6 Å². The number of hydrogen-bond acceptors (Lipinski definition) is 3. The summed E-state index contributed by atoms with van der Waals surface area (Å²) in [5.74, 6) is 0.863. The van der Waals surface area contributed by atoms with Crippen LogP contribution >= 0.6 is 23.4 Å². The number of hydrogen-bond donors (Lipinski definition) is 1. The average molecular weight is 419 g/mol. The van der Waals surface area contributed by atoms with Gasteiger partial charge in [0, 0.05) is 23.9 Å². The molecular formula is C22H27ClN2O2S. The maximum absolute atomic E-state index is 12.9. The van der Waals surface area contributed by atoms with E-state index in [1.165, 1.54) is 11.1 Å². The highest BCUT2D eigenvalue weighted by atomic mass is 35.5. The largest absolute Gasteiger partial charge is 0.355 e. The molecule has 0 heterocycles. The highest BCUT2D eigenvalue weighted by molar-refractivity contribution is 7.99. The first-order valence-electron chi connectivity index (χ1n) is 9.35. The number of likely N-dealkylation sites (N-methyl/N-ethyl adjacent to an activating group) is 1. The van der Waals surface area contributed by atoms with Crippen LogP contribution in [0.2, 0.25) is 5.02 Å². The van der Waals surface area contributed by atoms with Crippen molar-refractivity contribution in [2.45, 2.75) is 39.1 Å². The number of benzene rings is 2. The molecule has 0 fully saturated rings. The number of carbonyl (C=O) groups excluding carboxylic acids is 2. The standard InChI is InChI=1S/C22H27ClN2O2S/c1-4-24-22(27)17(3)25(13-19-6-5-7-20(23)12-19)21(26)15-28-14-18-10-8-16(2)9-11-18/h5-12,17H,4,13-15H2,1-3H3,(H,24,27)/t17-/m0/s1. The van der Waals surface area contributed by atoms with Gasteiger partial charge in [-0.25, -0.2) is 0 Å². The third-order valence-corrected chi connectivity index (χ3v) is 5.60. The molecule has 1 atom stereocenters. The zero-order chi connectivity index (χ0) is 20.5. The second kappa shape index (κ2) is 11.1. The van der Waals surface area contributed by atoms with Gasteiger partial charge in [0.05, 0.1) is 5.75 Å². The SMILES string of the molecule is CCNC(=O)[C@H](C)N(Cc1cccc(Cl)c1)C(=O)CSCc1ccc(C)cc1. The van der Waals surface area contributed by atoms with Crippen LogP contribution in [-0.2, 0) is 21.9 Å². The summed E-state index contributed by atoms with van der Waals surface area (Å²) in [5, 5.41) is 3.41. The summed E-state index contributed by atoms with van der Waals surface area (Å²) in [6.45, 7) is 6.56. The summed E-state index contributed by atoms with van der Waals surface area (Å²) in [6.07, 6.45) is 0. The van der Waals surface area contributed by atoms with Crippen molar-refractivity contribution in [2.75, 3.05) is 12.3 Å². The van der Waals surface area contributed by atoms with E-state index < -0.39 is 6.04 Å². The molecule has 0 aromatic heterocycles. The van der Waals surface area contributed by atoms with Crippen LogP contribution in [-0.4, -0.2) is 35.1 Å². The molecule has 0 radical (unpaired) electrons. The minimum Gasteiger partial charge on any atom is -0.355 e. The monoisotopic (exact) mass is 418 g/mol. The van der Waals surface area contributed by atoms with Crippen LogP contribution in [0, 0.1) is 6.92 Å². The molecule has 28 heavy (non-hydrogen) atoms. The Morgan fingerprint density at radius 3 is 2.50 bits per heavy atom. The third kappa shape index (κ3) is 6.88. The number of nitrogens with zero attached hydrogens (tertiary/aromatic N) is 1. The quantitative estimate of drug-likeness (QED) is 0.655. The predicted octanol–water partition coefficient (Wildman–Crippen LogP) is 4.44. The first-order chi connectivity index (χ1) is 13.4. The van der Waals surface area contributed by atoms with Gasteiger partial charge < -0.3 is 10.2 Å². The predicted molar refractivity (Wildman–Crippen MR) is 117 cm³/mol. The minimum absolute atomic E-state index is 0.0594. The van der Waals surface area contributed by atoms with E-state index in [1.807, 2.05) is 25.1 Å². The van der Waals surface area contributed by atoms with Crippen molar-refractivity contribution >= 4 is 35.2 Å². The third-order valence-electron chi connectivity index (χ3n) is 4.38. The molecule has 0 bridgehead atoms. The fourth-order valence-electron chi connectivity index (χ4n) is 2.76. The topological polar surface area (TPSA) is 49.4 Å². The van der Waals surface area contributed by atoms with E-state index in [1.54, 1.807) is 29.7 Å². The molecule has 0 aliphatic rings. The molecule has 2 amide bonds. The molecule has 0 aliphatic carbocycles. The van der Waals surface area contributed by atoms with Gasteiger partial charge in [-0.05, 0) is 44.0 Å². The van der Waals surface area contributed by atoms with Crippen molar-refractivity contribution in [3.63, 3.8) is 0 Å². The Labute approximate surface area is 176 Å². The lowest BCUT2D eigenvalue weighted by atomic mass is 10.1. The van der Waals surface area contributed by atoms with Crippen molar-refractivity contribution < 1.29 is 9.59 Å². The summed E-state index contributed by atoms with van der Waals surface area (Å²) in [5.41, 5.74) is 3.30. The van der Waals surface area contributed by atoms with Gasteiger partial charge in [0.1, 0.15) is 6.04 Å². The van der Waals surface area contributed by atoms with Gasteiger partial charge in [-0.2, -0.15) is 0 Å². The molecule has 6 heteroatoms. The first-order valence-corrected chi connectivity index (χ1v) is 10.9. The highest BCUT2D eigenvalue weighted by Crippen LogP contribution is 2.18. The van der Waals surface area contributed by atoms with Gasteiger partial charge in [-0.1, -0.05) is 53.6 Å². The number of rotatable bonds is 9. The van der Waals surface area contributed by atoms with Crippen molar-refractivity contribution in [1.82, 2.24) is 10.2 Å². The molecule has 1 N–H and O–H groups in total. The number of thioether (sulfide) groups is 1. The number of carbonyl (C=O) groups is 2. The maximum Gasteiger partial charge on any atom is 0.242 e. The number of amides is 2. The Morgan fingerprint density at radius 1 is 1.14 bits per heavy atom. The average Bonchev–Trinajstić information content (AvgIpc) is 2.67. The lowest BCUT2D eigenvalue weighted by Crippen LogP contribution is -2.48. The Bertz CT molecular complexity index is 795. The normalized spacial score (nSPS) is 11.7. The number of nitrogens with one attached hydrogen (secondary N) is 1. The zero-order valence-electron chi connectivity index (χ0n) is 16.6. The maximum atomic E-state index is 12.9. The van der Waals surface area contributed by atoms with Crippen LogP contribution in [0.25, 0.3) is 0 Å². The summed E-state index contributed by atoms with van der Waals surface area (Å²) < 4.78 is 0. The molecule has 0 aliphatic heterocycles. The van der Waals surface area contributed by atoms with E-state index in [2.05, 4.69) is 36.5 Å². The highest BCUT2D eigenvalue weighted by Gasteiger charge is 2.25. The van der Waals surface area contributed by atoms with Gasteiger partial charge in [-0.15, -0.1) is 11.8 Å². The van der Waals surface area contributed by atoms with Gasteiger partial charge in [-0.3, -0.25) is 9.59 Å². The number of halogens is 1. The van der Waals surface area contributed by atoms with Crippen LogP contribution in [0.3, 0.4) is 0 Å². The molecule has 4 nitrogen and oxygen atoms in total. The smallest absolute Gasteiger partial charge is 0.242 e. The van der Waals surface area contributed by atoms with Crippen LogP contribution in [0.1, 0.15) is 30.5 Å². The first kappa shape index (κ1) is 22.3. The molecule has 0 spiro atoms. The molecular weight excluding hydrogens is 392 g/mol. The van der Waals surface area contributed by atoms with Gasteiger partial charge in [0.15, 0.2) is 0 Å². The van der Waals surface area contributed by atoms with Crippen LogP contribution in [0.5, 0.6) is 0 Å². The van der Waals surface area contributed by atoms with Crippen molar-refractivity contribution in [2.24, 2.45) is 0 Å². The summed E-state index contributed by atoms with van der Waals surface area (Å²) in [4.78, 5) is 26.9. The second-order valence-corrected chi connectivity index (χ2v) is 8.12. The van der Waals surface area contributed by atoms with E-state index in [0.29, 0.717) is 23.9 Å². The molecule has 0 saturated carbocycles. The van der Waals surface area contributed by atoms with Crippen molar-refractivity contribution in [3.8, 4) is 0 Å².